The third-order valence-electron chi connectivity index (χ3n) is 7.67. The molecular weight excluding hydrogens is 476 g/mol. The number of fused-ring (bicyclic) bond motifs is 1. The summed E-state index contributed by atoms with van der Waals surface area (Å²) in [6.45, 7) is 11.1. The number of nitrogens with zero attached hydrogens (tertiary/aromatic N) is 3. The number of carbonyl (C=O) groups is 2. The number of carbonyl (C=O) groups excluding carboxylic acids is 2. The van der Waals surface area contributed by atoms with Gasteiger partial charge in [0.05, 0.1) is 16.1 Å². The second-order valence-electron chi connectivity index (χ2n) is 11.0. The summed E-state index contributed by atoms with van der Waals surface area (Å²) in [4.78, 5) is 30.7. The maximum atomic E-state index is 12.8. The first-order chi connectivity index (χ1) is 17.0. The van der Waals surface area contributed by atoms with Gasteiger partial charge < -0.3 is 21.1 Å². The highest BCUT2D eigenvalue weighted by Crippen LogP contribution is 2.57. The lowest BCUT2D eigenvalue weighted by molar-refractivity contribution is -0.121. The molecule has 3 heterocycles. The summed E-state index contributed by atoms with van der Waals surface area (Å²) in [6.07, 6.45) is 3.58. The Morgan fingerprint density at radius 1 is 1.22 bits per heavy atom. The number of hydrogen-bond donors (Lipinski definition) is 3. The van der Waals surface area contributed by atoms with E-state index in [-0.39, 0.29) is 29.4 Å². The van der Waals surface area contributed by atoms with Crippen LogP contribution in [0, 0.1) is 31.1 Å². The molecule has 36 heavy (non-hydrogen) atoms. The molecule has 1 aliphatic heterocycles. The van der Waals surface area contributed by atoms with Crippen molar-refractivity contribution < 1.29 is 14.3 Å². The zero-order chi connectivity index (χ0) is 25.8. The lowest BCUT2D eigenvalue weighted by atomic mass is 9.53. The van der Waals surface area contributed by atoms with Gasteiger partial charge in [-0.05, 0) is 69.4 Å². The third-order valence-corrected chi connectivity index (χ3v) is 8.81. The molecule has 0 radical (unpaired) electrons. The molecule has 192 valence electrons. The number of hydrogen-bond acceptors (Lipinski definition) is 8. The number of nitrogens with two attached hydrogens (primary N) is 1. The fourth-order valence-corrected chi connectivity index (χ4v) is 6.53. The molecule has 2 aromatic heterocycles. The zero-order valence-electron chi connectivity index (χ0n) is 21.5. The fraction of sp³-hybridized carbons (Fsp3) is 0.577. The summed E-state index contributed by atoms with van der Waals surface area (Å²) >= 11 is 1.61. The molecule has 0 aromatic carbocycles. The van der Waals surface area contributed by atoms with E-state index in [0.29, 0.717) is 23.1 Å². The first kappa shape index (κ1) is 24.7. The van der Waals surface area contributed by atoms with Gasteiger partial charge in [-0.15, -0.1) is 21.5 Å². The molecule has 1 spiro atoms. The monoisotopic (exact) mass is 510 g/mol. The van der Waals surface area contributed by atoms with E-state index in [1.54, 1.807) is 17.4 Å². The second-order valence-corrected chi connectivity index (χ2v) is 12.3. The Hall–Kier alpha value is -3.01. The van der Waals surface area contributed by atoms with E-state index in [4.69, 9.17) is 10.5 Å². The quantitative estimate of drug-likeness (QED) is 0.525. The Morgan fingerprint density at radius 3 is 2.61 bits per heavy atom. The number of aryl methyl sites for hydroxylation is 2. The smallest absolute Gasteiger partial charge is 0.268 e. The Bertz CT molecular complexity index is 1280. The molecule has 1 unspecified atom stereocenters. The van der Waals surface area contributed by atoms with Crippen LogP contribution >= 0.6 is 11.3 Å². The van der Waals surface area contributed by atoms with Crippen LogP contribution in [-0.4, -0.2) is 47.0 Å². The summed E-state index contributed by atoms with van der Waals surface area (Å²) in [5.74, 6) is 0.787. The van der Waals surface area contributed by atoms with Gasteiger partial charge in [0.25, 0.3) is 11.8 Å². The predicted octanol–water partition coefficient (Wildman–Crippen LogP) is 3.47. The average Bonchev–Trinajstić information content (AvgIpc) is 3.27. The predicted molar refractivity (Wildman–Crippen MR) is 142 cm³/mol. The molecule has 2 aromatic rings. The van der Waals surface area contributed by atoms with Crippen LogP contribution in [0.15, 0.2) is 16.3 Å². The van der Waals surface area contributed by atoms with Gasteiger partial charge >= 0.3 is 0 Å². The van der Waals surface area contributed by atoms with Gasteiger partial charge in [0.2, 0.25) is 5.88 Å². The molecule has 0 saturated heterocycles. The van der Waals surface area contributed by atoms with Crippen LogP contribution < -0.4 is 21.1 Å². The minimum atomic E-state index is -0.529. The normalized spacial score (nSPS) is 26.9. The minimum Gasteiger partial charge on any atom is -0.474 e. The van der Waals surface area contributed by atoms with Crippen molar-refractivity contribution in [1.29, 1.82) is 0 Å². The fourth-order valence-electron chi connectivity index (χ4n) is 5.48. The van der Waals surface area contributed by atoms with E-state index >= 15 is 0 Å². The number of ether oxygens (including phenoxy) is 1. The van der Waals surface area contributed by atoms with Crippen molar-refractivity contribution in [1.82, 2.24) is 15.6 Å². The molecule has 2 amide bonds. The Balaban J connectivity index is 1.13. The van der Waals surface area contributed by atoms with Gasteiger partial charge in [0.15, 0.2) is 0 Å². The lowest BCUT2D eigenvalue weighted by Gasteiger charge is -2.57. The van der Waals surface area contributed by atoms with Gasteiger partial charge in [0.1, 0.15) is 23.2 Å². The Labute approximate surface area is 215 Å². The zero-order valence-corrected chi connectivity index (χ0v) is 22.3. The minimum absolute atomic E-state index is 0.00744. The van der Waals surface area contributed by atoms with Crippen molar-refractivity contribution in [3.8, 4) is 5.88 Å². The highest BCUT2D eigenvalue weighted by atomic mass is 32.1. The van der Waals surface area contributed by atoms with Crippen LogP contribution in [0.2, 0.25) is 0 Å². The largest absolute Gasteiger partial charge is 0.474 e. The topological polar surface area (TPSA) is 131 Å². The molecule has 2 saturated carbocycles. The lowest BCUT2D eigenvalue weighted by Crippen LogP contribution is -2.59. The molecule has 9 nitrogen and oxygen atoms in total. The second kappa shape index (κ2) is 9.14. The van der Waals surface area contributed by atoms with E-state index < -0.39 is 5.91 Å². The number of amides is 2. The number of pyridine rings is 1. The van der Waals surface area contributed by atoms with Gasteiger partial charge in [-0.3, -0.25) is 9.59 Å². The highest BCUT2D eigenvalue weighted by molar-refractivity contribution is 7.19. The van der Waals surface area contributed by atoms with Crippen LogP contribution in [-0.2, 0) is 4.79 Å². The highest BCUT2D eigenvalue weighted by Gasteiger charge is 2.54. The molecule has 4 N–H and O–H groups in total. The molecule has 2 aliphatic carbocycles. The Morgan fingerprint density at radius 2 is 1.94 bits per heavy atom. The molecule has 5 rings (SSSR count). The van der Waals surface area contributed by atoms with E-state index in [0.717, 1.165) is 53.8 Å². The Kier molecular flexibility index (Phi) is 6.26. The average molecular weight is 511 g/mol. The molecule has 3 aliphatic rings. The van der Waals surface area contributed by atoms with Gasteiger partial charge in [0, 0.05) is 17.5 Å². The summed E-state index contributed by atoms with van der Waals surface area (Å²) in [5, 5.41) is 14.7. The SMILES string of the molecule is Cc1sc2cc(C(N)=O)c(O[C@H]3CC4(C[C@H](NC(=O)C5=NN=C(NCC(C)C)C5C)C4)C3)nc2c1C. The number of nitrogens with one attached hydrogen (secondary N) is 2. The van der Waals surface area contributed by atoms with Gasteiger partial charge in [-0.25, -0.2) is 4.98 Å². The van der Waals surface area contributed by atoms with Crippen LogP contribution in [0.4, 0.5) is 0 Å². The molecule has 0 bridgehead atoms. The van der Waals surface area contributed by atoms with Crippen molar-refractivity contribution in [2.75, 3.05) is 6.54 Å². The summed E-state index contributed by atoms with van der Waals surface area (Å²) in [6, 6.07) is 1.93. The third kappa shape index (κ3) is 4.47. The number of amidine groups is 1. The van der Waals surface area contributed by atoms with Crippen molar-refractivity contribution in [2.24, 2.45) is 33.2 Å². The number of rotatable bonds is 7. The molecule has 1 atom stereocenters. The first-order valence-electron chi connectivity index (χ1n) is 12.6. The van der Waals surface area contributed by atoms with Crippen molar-refractivity contribution in [3.63, 3.8) is 0 Å². The van der Waals surface area contributed by atoms with E-state index in [9.17, 15) is 9.59 Å². The maximum Gasteiger partial charge on any atom is 0.268 e. The summed E-state index contributed by atoms with van der Waals surface area (Å²) in [5.41, 5.74) is 8.58. The first-order valence-corrected chi connectivity index (χ1v) is 13.4. The number of thiophene rings is 1. The van der Waals surface area contributed by atoms with Gasteiger partial charge in [-0.2, -0.15) is 0 Å². The van der Waals surface area contributed by atoms with Crippen LogP contribution in [0.5, 0.6) is 5.88 Å². The standard InChI is InChI=1S/C26H34N6O3S/c1-12(2)11-28-23-14(4)21(31-32-23)24(34)29-16-7-26(8-16)9-17(10-26)35-25-18(22(27)33)6-19-20(30-25)13(3)15(5)36-19/h6,12,14,16-17H,7-11H2,1-5H3,(H2,27,33)(H,28,32)(H,29,34)/t14?,16-,17-,26?. The van der Waals surface area contributed by atoms with Gasteiger partial charge in [-0.1, -0.05) is 13.8 Å². The van der Waals surface area contributed by atoms with Crippen LogP contribution in [0.25, 0.3) is 10.2 Å². The molecular formula is C26H34N6O3S. The molecule has 10 heteroatoms. The van der Waals surface area contributed by atoms with E-state index in [1.807, 2.05) is 20.8 Å². The molecule has 2 fully saturated rings. The maximum absolute atomic E-state index is 12.8. The summed E-state index contributed by atoms with van der Waals surface area (Å²) in [7, 11) is 0. The van der Waals surface area contributed by atoms with Crippen LogP contribution in [0.3, 0.4) is 0 Å². The van der Waals surface area contributed by atoms with Crippen LogP contribution in [0.1, 0.15) is 67.3 Å². The number of primary amides is 1. The number of aromatic nitrogens is 1. The van der Waals surface area contributed by atoms with Crippen molar-refractivity contribution in [3.05, 3.63) is 22.1 Å². The van der Waals surface area contributed by atoms with E-state index in [2.05, 4.69) is 39.7 Å². The van der Waals surface area contributed by atoms with Crippen molar-refractivity contribution in [2.45, 2.75) is 72.4 Å². The van der Waals surface area contributed by atoms with Crippen molar-refractivity contribution >= 4 is 44.9 Å². The van der Waals surface area contributed by atoms with E-state index in [1.165, 1.54) is 4.88 Å². The summed E-state index contributed by atoms with van der Waals surface area (Å²) < 4.78 is 7.12.